The number of aromatic nitrogens is 2. The first-order valence-corrected chi connectivity index (χ1v) is 7.35. The summed E-state index contributed by atoms with van der Waals surface area (Å²) in [6.07, 6.45) is 2.52. The van der Waals surface area contributed by atoms with E-state index in [1.165, 1.54) is 5.56 Å². The highest BCUT2D eigenvalue weighted by Gasteiger charge is 2.13. The Morgan fingerprint density at radius 1 is 0.952 bits per heavy atom. The maximum atomic E-state index is 4.50. The van der Waals surface area contributed by atoms with Crippen LogP contribution in [0.5, 0.6) is 0 Å². The molecule has 0 bridgehead atoms. The van der Waals surface area contributed by atoms with Gasteiger partial charge in [0.1, 0.15) is 6.33 Å². The molecule has 1 unspecified atom stereocenters. The van der Waals surface area contributed by atoms with E-state index in [2.05, 4.69) is 52.5 Å². The van der Waals surface area contributed by atoms with Gasteiger partial charge in [-0.3, -0.25) is 0 Å². The molecule has 0 aliphatic rings. The fraction of sp³-hybridized carbons (Fsp3) is 0.222. The van der Waals surface area contributed by atoms with Crippen molar-refractivity contribution in [3.8, 4) is 0 Å². The van der Waals surface area contributed by atoms with Gasteiger partial charge in [-0.05, 0) is 18.2 Å². The van der Waals surface area contributed by atoms with Gasteiger partial charge in [-0.25, -0.2) is 9.97 Å². The van der Waals surface area contributed by atoms with E-state index in [0.29, 0.717) is 0 Å². The number of fused-ring (bicyclic) bond motifs is 1. The number of hydrogen-bond acceptors (Lipinski definition) is 3. The maximum Gasteiger partial charge on any atom is 0.116 e. The second-order valence-electron chi connectivity index (χ2n) is 5.06. The number of benzene rings is 2. The van der Waals surface area contributed by atoms with Crippen LogP contribution in [0.1, 0.15) is 24.2 Å². The number of hydrogen-bond donors (Lipinski definition) is 1. The van der Waals surface area contributed by atoms with Crippen molar-refractivity contribution in [1.82, 2.24) is 15.3 Å². The average Bonchev–Trinajstić information content (AvgIpc) is 2.55. The Hall–Kier alpha value is -2.26. The zero-order chi connectivity index (χ0) is 14.5. The van der Waals surface area contributed by atoms with E-state index in [1.54, 1.807) is 6.33 Å². The normalized spacial score (nSPS) is 12.4. The van der Waals surface area contributed by atoms with Crippen LogP contribution in [0.15, 0.2) is 60.9 Å². The zero-order valence-corrected chi connectivity index (χ0v) is 12.2. The zero-order valence-electron chi connectivity index (χ0n) is 12.2. The molecule has 0 radical (unpaired) electrons. The third-order valence-corrected chi connectivity index (χ3v) is 3.68. The fourth-order valence-electron chi connectivity index (χ4n) is 2.66. The minimum atomic E-state index is 0.273. The molecule has 3 nitrogen and oxygen atoms in total. The van der Waals surface area contributed by atoms with Gasteiger partial charge < -0.3 is 5.32 Å². The molecule has 1 N–H and O–H groups in total. The Bertz CT molecular complexity index is 704. The molecule has 0 amide bonds. The Morgan fingerprint density at radius 2 is 1.71 bits per heavy atom. The van der Waals surface area contributed by atoms with Gasteiger partial charge in [0.05, 0.1) is 11.2 Å². The summed E-state index contributed by atoms with van der Waals surface area (Å²) in [6, 6.07) is 19.0. The highest BCUT2D eigenvalue weighted by molar-refractivity contribution is 5.80. The molecule has 3 heteroatoms. The van der Waals surface area contributed by atoms with Crippen LogP contribution >= 0.6 is 0 Å². The minimum Gasteiger partial charge on any atom is -0.310 e. The van der Waals surface area contributed by atoms with Crippen molar-refractivity contribution in [2.45, 2.75) is 19.4 Å². The molecule has 106 valence electrons. The largest absolute Gasteiger partial charge is 0.310 e. The van der Waals surface area contributed by atoms with Gasteiger partial charge in [-0.15, -0.1) is 0 Å². The van der Waals surface area contributed by atoms with Crippen molar-refractivity contribution in [3.63, 3.8) is 0 Å². The number of nitrogens with zero attached hydrogens (tertiary/aromatic N) is 2. The number of likely N-dealkylation sites (N-methyl/N-ethyl adjacent to an activating group) is 1. The highest BCUT2D eigenvalue weighted by Crippen LogP contribution is 2.21. The molecule has 3 aromatic rings. The van der Waals surface area contributed by atoms with E-state index in [0.717, 1.165) is 29.6 Å². The van der Waals surface area contributed by atoms with E-state index in [-0.39, 0.29) is 6.04 Å². The lowest BCUT2D eigenvalue weighted by Gasteiger charge is -2.18. The first kappa shape index (κ1) is 13.7. The van der Waals surface area contributed by atoms with Gasteiger partial charge in [-0.1, -0.05) is 55.5 Å². The van der Waals surface area contributed by atoms with Crippen molar-refractivity contribution in [2.75, 3.05) is 6.54 Å². The van der Waals surface area contributed by atoms with Gasteiger partial charge in [0, 0.05) is 17.8 Å². The Balaban J connectivity index is 1.95. The van der Waals surface area contributed by atoms with E-state index < -0.39 is 0 Å². The molecular formula is C18H19N3. The number of rotatable bonds is 5. The Labute approximate surface area is 125 Å². The molecule has 0 fully saturated rings. The first-order valence-electron chi connectivity index (χ1n) is 7.35. The minimum absolute atomic E-state index is 0.273. The molecule has 3 rings (SSSR count). The molecule has 21 heavy (non-hydrogen) atoms. The molecule has 1 aromatic heterocycles. The third-order valence-electron chi connectivity index (χ3n) is 3.68. The van der Waals surface area contributed by atoms with Crippen molar-refractivity contribution in [3.05, 3.63) is 72.2 Å². The predicted octanol–water partition coefficient (Wildman–Crippen LogP) is 3.52. The van der Waals surface area contributed by atoms with Crippen molar-refractivity contribution in [1.29, 1.82) is 0 Å². The van der Waals surface area contributed by atoms with Crippen LogP contribution in [0, 0.1) is 0 Å². The van der Waals surface area contributed by atoms with Crippen molar-refractivity contribution < 1.29 is 0 Å². The van der Waals surface area contributed by atoms with Gasteiger partial charge in [0.25, 0.3) is 0 Å². The van der Waals surface area contributed by atoms with Crippen LogP contribution < -0.4 is 5.32 Å². The summed E-state index contributed by atoms with van der Waals surface area (Å²) in [5.41, 5.74) is 3.39. The second-order valence-corrected chi connectivity index (χ2v) is 5.06. The molecule has 0 spiro atoms. The van der Waals surface area contributed by atoms with Gasteiger partial charge >= 0.3 is 0 Å². The molecule has 0 aliphatic carbocycles. The molecule has 0 saturated heterocycles. The van der Waals surface area contributed by atoms with Crippen LogP contribution in [0.2, 0.25) is 0 Å². The standard InChI is InChI=1S/C18H19N3/c1-2-19-17(14-8-4-3-5-9-14)12-18-15-10-6-7-11-16(15)20-13-21-18/h3-11,13,17,19H,2,12H2,1H3. The molecule has 2 aromatic carbocycles. The monoisotopic (exact) mass is 277 g/mol. The van der Waals surface area contributed by atoms with Crippen molar-refractivity contribution in [2.24, 2.45) is 0 Å². The molecule has 1 heterocycles. The van der Waals surface area contributed by atoms with E-state index in [9.17, 15) is 0 Å². The van der Waals surface area contributed by atoms with Crippen LogP contribution in [-0.4, -0.2) is 16.5 Å². The second kappa shape index (κ2) is 6.46. The lowest BCUT2D eigenvalue weighted by atomic mass is 10.00. The number of nitrogens with one attached hydrogen (secondary N) is 1. The predicted molar refractivity (Wildman–Crippen MR) is 86.1 cm³/mol. The average molecular weight is 277 g/mol. The molecule has 0 aliphatic heterocycles. The Kier molecular flexibility index (Phi) is 4.22. The Morgan fingerprint density at radius 3 is 2.52 bits per heavy atom. The van der Waals surface area contributed by atoms with Crippen LogP contribution in [0.3, 0.4) is 0 Å². The van der Waals surface area contributed by atoms with Crippen LogP contribution in [0.25, 0.3) is 10.9 Å². The summed E-state index contributed by atoms with van der Waals surface area (Å²) >= 11 is 0. The topological polar surface area (TPSA) is 37.8 Å². The van der Waals surface area contributed by atoms with Gasteiger partial charge in [0.15, 0.2) is 0 Å². The van der Waals surface area contributed by atoms with Crippen molar-refractivity contribution >= 4 is 10.9 Å². The summed E-state index contributed by atoms with van der Waals surface area (Å²) in [5, 5.41) is 4.69. The van der Waals surface area contributed by atoms with E-state index in [4.69, 9.17) is 0 Å². The quantitative estimate of drug-likeness (QED) is 0.775. The molecular weight excluding hydrogens is 258 g/mol. The SMILES string of the molecule is CCNC(Cc1ncnc2ccccc12)c1ccccc1. The smallest absolute Gasteiger partial charge is 0.116 e. The summed E-state index contributed by atoms with van der Waals surface area (Å²) in [5.74, 6) is 0. The number of para-hydroxylation sites is 1. The van der Waals surface area contributed by atoms with Gasteiger partial charge in [0.2, 0.25) is 0 Å². The van der Waals surface area contributed by atoms with Crippen LogP contribution in [0.4, 0.5) is 0 Å². The lowest BCUT2D eigenvalue weighted by Crippen LogP contribution is -2.23. The van der Waals surface area contributed by atoms with Gasteiger partial charge in [-0.2, -0.15) is 0 Å². The van der Waals surface area contributed by atoms with E-state index in [1.807, 2.05) is 24.3 Å². The first-order chi connectivity index (χ1) is 10.4. The summed E-state index contributed by atoms with van der Waals surface area (Å²) < 4.78 is 0. The highest BCUT2D eigenvalue weighted by atomic mass is 14.9. The van der Waals surface area contributed by atoms with E-state index >= 15 is 0 Å². The fourth-order valence-corrected chi connectivity index (χ4v) is 2.66. The maximum absolute atomic E-state index is 4.50. The third kappa shape index (κ3) is 3.09. The summed E-state index contributed by atoms with van der Waals surface area (Å²) in [7, 11) is 0. The van der Waals surface area contributed by atoms with Crippen LogP contribution in [-0.2, 0) is 6.42 Å². The summed E-state index contributed by atoms with van der Waals surface area (Å²) in [6.45, 7) is 3.07. The summed E-state index contributed by atoms with van der Waals surface area (Å²) in [4.78, 5) is 8.84. The molecule has 1 atom stereocenters. The lowest BCUT2D eigenvalue weighted by molar-refractivity contribution is 0.545. The molecule has 0 saturated carbocycles.